The molecule has 1 aromatic heterocycles. The van der Waals surface area contributed by atoms with E-state index < -0.39 is 0 Å². The number of aromatic nitrogens is 1. The number of nitrogen functional groups attached to an aromatic ring is 1. The lowest BCUT2D eigenvalue weighted by molar-refractivity contribution is 0.0136. The monoisotopic (exact) mass is 265 g/mol. The maximum atomic E-state index is 12.3. The lowest BCUT2D eigenvalue weighted by Crippen LogP contribution is -2.41. The van der Waals surface area contributed by atoms with Crippen LogP contribution in [-0.2, 0) is 11.3 Å². The van der Waals surface area contributed by atoms with E-state index in [1.165, 1.54) is 0 Å². The molecule has 0 aromatic carbocycles. The second-order valence-electron chi connectivity index (χ2n) is 5.23. The number of hydrogen-bond acceptors (Lipinski definition) is 3. The van der Waals surface area contributed by atoms with Gasteiger partial charge in [0.2, 0.25) is 0 Å². The highest BCUT2D eigenvalue weighted by atomic mass is 16.5. The molecule has 1 aromatic rings. The molecule has 5 heteroatoms. The summed E-state index contributed by atoms with van der Waals surface area (Å²) >= 11 is 0. The third-order valence-corrected chi connectivity index (χ3v) is 3.44. The quantitative estimate of drug-likeness (QED) is 0.872. The van der Waals surface area contributed by atoms with Crippen molar-refractivity contribution in [2.45, 2.75) is 51.8 Å². The Kier molecular flexibility index (Phi) is 4.47. The van der Waals surface area contributed by atoms with Crippen molar-refractivity contribution in [3.63, 3.8) is 0 Å². The van der Waals surface area contributed by atoms with Crippen molar-refractivity contribution in [3.8, 4) is 0 Å². The average molecular weight is 265 g/mol. The van der Waals surface area contributed by atoms with Gasteiger partial charge in [-0.2, -0.15) is 0 Å². The van der Waals surface area contributed by atoms with Crippen molar-refractivity contribution < 1.29 is 9.53 Å². The number of aryl methyl sites for hydroxylation is 1. The number of amides is 1. The van der Waals surface area contributed by atoms with E-state index in [2.05, 4.69) is 12.2 Å². The van der Waals surface area contributed by atoms with Gasteiger partial charge >= 0.3 is 0 Å². The van der Waals surface area contributed by atoms with E-state index in [0.717, 1.165) is 25.8 Å². The molecule has 1 aliphatic rings. The van der Waals surface area contributed by atoms with Gasteiger partial charge in [0, 0.05) is 25.4 Å². The third-order valence-electron chi connectivity index (χ3n) is 3.44. The molecule has 0 spiro atoms. The molecule has 2 heterocycles. The van der Waals surface area contributed by atoms with Crippen LogP contribution in [0.3, 0.4) is 0 Å². The van der Waals surface area contributed by atoms with Crippen molar-refractivity contribution in [2.75, 3.05) is 12.3 Å². The summed E-state index contributed by atoms with van der Waals surface area (Å²) in [7, 11) is 0. The smallest absolute Gasteiger partial charge is 0.268 e. The Morgan fingerprint density at radius 2 is 2.42 bits per heavy atom. The van der Waals surface area contributed by atoms with E-state index in [0.29, 0.717) is 18.0 Å². The normalized spacial score (nSPS) is 23.3. The van der Waals surface area contributed by atoms with Crippen LogP contribution in [0.4, 0.5) is 5.69 Å². The topological polar surface area (TPSA) is 69.3 Å². The molecule has 0 aliphatic carbocycles. The van der Waals surface area contributed by atoms with Gasteiger partial charge in [-0.25, -0.2) is 0 Å². The number of nitrogens with two attached hydrogens (primary N) is 1. The number of carbonyl (C=O) groups excluding carboxylic acids is 1. The number of nitrogens with zero attached hydrogens (tertiary/aromatic N) is 1. The van der Waals surface area contributed by atoms with E-state index in [1.807, 2.05) is 17.7 Å². The standard InChI is InChI=1S/C14H23N3O2/c1-3-5-17-9-11(15)8-13(17)14(18)16-12-4-6-19-10(2)7-12/h8-10,12H,3-7,15H2,1-2H3,(H,16,18). The predicted octanol–water partition coefficient (Wildman–Crippen LogP) is 1.78. The maximum absolute atomic E-state index is 12.3. The summed E-state index contributed by atoms with van der Waals surface area (Å²) in [6.45, 7) is 5.64. The predicted molar refractivity (Wildman–Crippen MR) is 75.0 cm³/mol. The fraction of sp³-hybridized carbons (Fsp3) is 0.643. The first-order chi connectivity index (χ1) is 9.10. The summed E-state index contributed by atoms with van der Waals surface area (Å²) in [5.41, 5.74) is 7.07. The Morgan fingerprint density at radius 1 is 1.63 bits per heavy atom. The van der Waals surface area contributed by atoms with Gasteiger partial charge in [-0.05, 0) is 32.3 Å². The van der Waals surface area contributed by atoms with Crippen LogP contribution >= 0.6 is 0 Å². The third kappa shape index (κ3) is 3.50. The lowest BCUT2D eigenvalue weighted by atomic mass is 10.0. The van der Waals surface area contributed by atoms with Crippen molar-refractivity contribution >= 4 is 11.6 Å². The van der Waals surface area contributed by atoms with E-state index in [-0.39, 0.29) is 18.1 Å². The van der Waals surface area contributed by atoms with Crippen molar-refractivity contribution in [1.29, 1.82) is 0 Å². The highest BCUT2D eigenvalue weighted by Gasteiger charge is 2.22. The molecule has 2 unspecified atom stereocenters. The first kappa shape index (κ1) is 13.9. The zero-order chi connectivity index (χ0) is 13.8. The van der Waals surface area contributed by atoms with Gasteiger partial charge in [-0.3, -0.25) is 4.79 Å². The van der Waals surface area contributed by atoms with Gasteiger partial charge in [0.15, 0.2) is 0 Å². The molecular formula is C14H23N3O2. The molecule has 0 radical (unpaired) electrons. The molecule has 1 amide bonds. The fourth-order valence-electron chi connectivity index (χ4n) is 2.54. The molecule has 2 atom stereocenters. The van der Waals surface area contributed by atoms with Gasteiger partial charge in [0.1, 0.15) is 5.69 Å². The number of carbonyl (C=O) groups is 1. The van der Waals surface area contributed by atoms with Crippen LogP contribution in [0, 0.1) is 0 Å². The Bertz CT molecular complexity index is 442. The minimum Gasteiger partial charge on any atom is -0.397 e. The summed E-state index contributed by atoms with van der Waals surface area (Å²) in [5.74, 6) is -0.0377. The van der Waals surface area contributed by atoms with Crippen molar-refractivity contribution in [3.05, 3.63) is 18.0 Å². The number of anilines is 1. The lowest BCUT2D eigenvalue weighted by Gasteiger charge is -2.28. The highest BCUT2D eigenvalue weighted by Crippen LogP contribution is 2.16. The summed E-state index contributed by atoms with van der Waals surface area (Å²) < 4.78 is 7.41. The molecule has 2 rings (SSSR count). The highest BCUT2D eigenvalue weighted by molar-refractivity contribution is 5.94. The first-order valence-electron chi connectivity index (χ1n) is 6.98. The van der Waals surface area contributed by atoms with E-state index in [9.17, 15) is 4.79 Å². The molecule has 0 saturated carbocycles. The number of ether oxygens (including phenoxy) is 1. The van der Waals surface area contributed by atoms with E-state index in [1.54, 1.807) is 6.07 Å². The Hall–Kier alpha value is -1.49. The molecule has 0 bridgehead atoms. The second kappa shape index (κ2) is 6.10. The summed E-state index contributed by atoms with van der Waals surface area (Å²) in [6, 6.07) is 1.94. The number of rotatable bonds is 4. The number of nitrogens with one attached hydrogen (secondary N) is 1. The van der Waals surface area contributed by atoms with Crippen LogP contribution in [0.15, 0.2) is 12.3 Å². The van der Waals surface area contributed by atoms with Crippen LogP contribution < -0.4 is 11.1 Å². The fourth-order valence-corrected chi connectivity index (χ4v) is 2.54. The molecule has 1 fully saturated rings. The van der Waals surface area contributed by atoms with Gasteiger partial charge in [-0.1, -0.05) is 6.92 Å². The summed E-state index contributed by atoms with van der Waals surface area (Å²) in [4.78, 5) is 12.3. The van der Waals surface area contributed by atoms with Crippen LogP contribution in [0.25, 0.3) is 0 Å². The summed E-state index contributed by atoms with van der Waals surface area (Å²) in [6.07, 6.45) is 4.76. The molecule has 19 heavy (non-hydrogen) atoms. The van der Waals surface area contributed by atoms with E-state index >= 15 is 0 Å². The molecular weight excluding hydrogens is 242 g/mol. The molecule has 5 nitrogen and oxygen atoms in total. The minimum absolute atomic E-state index is 0.0377. The second-order valence-corrected chi connectivity index (χ2v) is 5.23. The minimum atomic E-state index is -0.0377. The van der Waals surface area contributed by atoms with Gasteiger partial charge < -0.3 is 20.4 Å². The molecule has 106 valence electrons. The van der Waals surface area contributed by atoms with Gasteiger partial charge in [-0.15, -0.1) is 0 Å². The zero-order valence-electron chi connectivity index (χ0n) is 11.7. The van der Waals surface area contributed by atoms with Crippen molar-refractivity contribution in [1.82, 2.24) is 9.88 Å². The SMILES string of the molecule is CCCn1cc(N)cc1C(=O)NC1CCOC(C)C1. The van der Waals surface area contributed by atoms with Gasteiger partial charge in [0.05, 0.1) is 11.8 Å². The molecule has 1 aliphatic heterocycles. The number of hydrogen-bond donors (Lipinski definition) is 2. The first-order valence-corrected chi connectivity index (χ1v) is 6.98. The van der Waals surface area contributed by atoms with Crippen LogP contribution in [0.1, 0.15) is 43.6 Å². The van der Waals surface area contributed by atoms with E-state index in [4.69, 9.17) is 10.5 Å². The van der Waals surface area contributed by atoms with Gasteiger partial charge in [0.25, 0.3) is 5.91 Å². The summed E-state index contributed by atoms with van der Waals surface area (Å²) in [5, 5.41) is 3.08. The molecule has 3 N–H and O–H groups in total. The van der Waals surface area contributed by atoms with Crippen LogP contribution in [-0.4, -0.2) is 29.2 Å². The van der Waals surface area contributed by atoms with Crippen LogP contribution in [0.5, 0.6) is 0 Å². The van der Waals surface area contributed by atoms with Crippen LogP contribution in [0.2, 0.25) is 0 Å². The Labute approximate surface area is 114 Å². The van der Waals surface area contributed by atoms with Crippen molar-refractivity contribution in [2.24, 2.45) is 0 Å². The largest absolute Gasteiger partial charge is 0.397 e. The maximum Gasteiger partial charge on any atom is 0.268 e. The average Bonchev–Trinajstić information content (AvgIpc) is 2.71. The Balaban J connectivity index is 2.02. The Morgan fingerprint density at radius 3 is 3.11 bits per heavy atom. The molecule has 1 saturated heterocycles. The zero-order valence-corrected chi connectivity index (χ0v) is 11.7.